The van der Waals surface area contributed by atoms with Crippen LogP contribution in [-0.4, -0.2) is 6.54 Å². The lowest BCUT2D eigenvalue weighted by molar-refractivity contribution is 0.626. The zero-order chi connectivity index (χ0) is 10.4. The number of rotatable bonds is 4. The number of hydrogen-bond acceptors (Lipinski definition) is 1. The van der Waals surface area contributed by atoms with Gasteiger partial charge in [0.05, 0.1) is 0 Å². The van der Waals surface area contributed by atoms with E-state index in [4.69, 9.17) is 23.2 Å². The van der Waals surface area contributed by atoms with Crippen molar-refractivity contribution in [3.8, 4) is 0 Å². The number of hydrogen-bond donors (Lipinski definition) is 1. The van der Waals surface area contributed by atoms with Gasteiger partial charge in [0.1, 0.15) is 5.82 Å². The third-order valence-corrected chi connectivity index (χ3v) is 2.27. The van der Waals surface area contributed by atoms with E-state index < -0.39 is 0 Å². The second-order valence-corrected chi connectivity index (χ2v) is 3.49. The monoisotopic (exact) mass is 233 g/mol. The predicted octanol–water partition coefficient (Wildman–Crippen LogP) is 3.23. The van der Waals surface area contributed by atoms with Crippen LogP contribution in [0.15, 0.2) is 34.8 Å². The van der Waals surface area contributed by atoms with Crippen molar-refractivity contribution in [2.24, 2.45) is 0 Å². The minimum atomic E-state index is -0.229. The summed E-state index contributed by atoms with van der Waals surface area (Å²) in [6.07, 6.45) is 0. The Bertz CT molecular complexity index is 308. The molecule has 0 unspecified atom stereocenters. The standard InChI is InChI=1S/C10H10Cl2FN/c11-5-9(12)7-14-6-8-1-3-10(13)4-2-8/h1-5,14H,6-7H2. The van der Waals surface area contributed by atoms with Gasteiger partial charge in [-0.2, -0.15) is 0 Å². The maximum absolute atomic E-state index is 12.5. The third kappa shape index (κ3) is 4.09. The van der Waals surface area contributed by atoms with Crippen LogP contribution in [0.3, 0.4) is 0 Å². The molecule has 1 aromatic rings. The minimum Gasteiger partial charge on any atom is -0.308 e. The van der Waals surface area contributed by atoms with Gasteiger partial charge < -0.3 is 5.32 Å². The minimum absolute atomic E-state index is 0.229. The second kappa shape index (κ2) is 6.02. The first-order chi connectivity index (χ1) is 6.72. The molecule has 0 spiro atoms. The maximum Gasteiger partial charge on any atom is 0.123 e. The molecule has 0 saturated carbocycles. The van der Waals surface area contributed by atoms with Crippen molar-refractivity contribution in [3.63, 3.8) is 0 Å². The van der Waals surface area contributed by atoms with Crippen molar-refractivity contribution < 1.29 is 4.39 Å². The Hall–Kier alpha value is -0.570. The molecule has 0 aliphatic heterocycles. The molecule has 4 heteroatoms. The summed E-state index contributed by atoms with van der Waals surface area (Å²) in [5.41, 5.74) is 2.32. The topological polar surface area (TPSA) is 12.0 Å². The van der Waals surface area contributed by atoms with Crippen LogP contribution in [0.5, 0.6) is 0 Å². The van der Waals surface area contributed by atoms with Gasteiger partial charge >= 0.3 is 0 Å². The van der Waals surface area contributed by atoms with Crippen LogP contribution >= 0.6 is 23.2 Å². The Morgan fingerprint density at radius 2 is 2.00 bits per heavy atom. The van der Waals surface area contributed by atoms with Crippen LogP contribution in [0, 0.1) is 5.82 Å². The van der Waals surface area contributed by atoms with Crippen molar-refractivity contribution in [1.29, 1.82) is 0 Å². The molecule has 1 nitrogen and oxygen atoms in total. The van der Waals surface area contributed by atoms with Gasteiger partial charge in [0.2, 0.25) is 0 Å². The van der Waals surface area contributed by atoms with E-state index in [0.29, 0.717) is 18.1 Å². The molecular formula is C10H10Cl2FN. The van der Waals surface area contributed by atoms with Crippen molar-refractivity contribution in [3.05, 3.63) is 46.2 Å². The molecular weight excluding hydrogens is 224 g/mol. The van der Waals surface area contributed by atoms with E-state index in [1.807, 2.05) is 0 Å². The highest BCUT2D eigenvalue weighted by atomic mass is 35.5. The fourth-order valence-electron chi connectivity index (χ4n) is 0.967. The summed E-state index contributed by atoms with van der Waals surface area (Å²) in [6.45, 7) is 1.16. The molecule has 0 radical (unpaired) electrons. The van der Waals surface area contributed by atoms with Gasteiger partial charge in [0.15, 0.2) is 0 Å². The molecule has 0 amide bonds. The van der Waals surface area contributed by atoms with Crippen molar-refractivity contribution >= 4 is 23.2 Å². The summed E-state index contributed by atoms with van der Waals surface area (Å²) < 4.78 is 12.5. The first-order valence-corrected chi connectivity index (χ1v) is 4.93. The zero-order valence-corrected chi connectivity index (χ0v) is 8.95. The summed E-state index contributed by atoms with van der Waals surface area (Å²) in [5, 5.41) is 3.61. The molecule has 0 saturated heterocycles. The van der Waals surface area contributed by atoms with E-state index in [9.17, 15) is 4.39 Å². The molecule has 0 fully saturated rings. The lowest BCUT2D eigenvalue weighted by Gasteiger charge is -2.03. The first-order valence-electron chi connectivity index (χ1n) is 4.12. The molecule has 1 rings (SSSR count). The molecule has 1 N–H and O–H groups in total. The number of nitrogens with one attached hydrogen (secondary N) is 1. The van der Waals surface area contributed by atoms with Crippen LogP contribution < -0.4 is 5.32 Å². The summed E-state index contributed by atoms with van der Waals surface area (Å²) in [5.74, 6) is -0.229. The highest BCUT2D eigenvalue weighted by Crippen LogP contribution is 2.04. The quantitative estimate of drug-likeness (QED) is 0.843. The third-order valence-electron chi connectivity index (χ3n) is 1.65. The summed E-state index contributed by atoms with van der Waals surface area (Å²) in [4.78, 5) is 0. The van der Waals surface area contributed by atoms with Crippen molar-refractivity contribution in [1.82, 2.24) is 5.32 Å². The van der Waals surface area contributed by atoms with E-state index in [1.165, 1.54) is 17.7 Å². The average Bonchev–Trinajstić information content (AvgIpc) is 2.21. The Balaban J connectivity index is 2.35. The highest BCUT2D eigenvalue weighted by molar-refractivity contribution is 6.36. The fourth-order valence-corrected chi connectivity index (χ4v) is 1.14. The van der Waals surface area contributed by atoms with Crippen molar-refractivity contribution in [2.45, 2.75) is 6.54 Å². The Morgan fingerprint density at radius 3 is 2.57 bits per heavy atom. The van der Waals surface area contributed by atoms with Gasteiger partial charge in [-0.3, -0.25) is 0 Å². The molecule has 0 atom stereocenters. The molecule has 0 aliphatic rings. The maximum atomic E-state index is 12.5. The number of benzene rings is 1. The van der Waals surface area contributed by atoms with Crippen molar-refractivity contribution in [2.75, 3.05) is 6.54 Å². The highest BCUT2D eigenvalue weighted by Gasteiger charge is 1.94. The Labute approximate surface area is 92.5 Å². The fraction of sp³-hybridized carbons (Fsp3) is 0.200. The largest absolute Gasteiger partial charge is 0.308 e. The normalized spacial score (nSPS) is 11.8. The van der Waals surface area contributed by atoms with Crippen LogP contribution in [0.4, 0.5) is 4.39 Å². The van der Waals surface area contributed by atoms with E-state index in [-0.39, 0.29) is 5.82 Å². The molecule has 0 aliphatic carbocycles. The van der Waals surface area contributed by atoms with Crippen LogP contribution in [0.2, 0.25) is 0 Å². The van der Waals surface area contributed by atoms with Gasteiger partial charge in [0, 0.05) is 23.7 Å². The van der Waals surface area contributed by atoms with Gasteiger partial charge in [0.25, 0.3) is 0 Å². The van der Waals surface area contributed by atoms with Gasteiger partial charge in [-0.15, -0.1) is 0 Å². The van der Waals surface area contributed by atoms with E-state index in [1.54, 1.807) is 12.1 Å². The first kappa shape index (κ1) is 11.5. The molecule has 0 heterocycles. The molecule has 0 aromatic heterocycles. The zero-order valence-electron chi connectivity index (χ0n) is 7.43. The van der Waals surface area contributed by atoms with Gasteiger partial charge in [-0.25, -0.2) is 4.39 Å². The summed E-state index contributed by atoms with van der Waals surface area (Å²) in [6, 6.07) is 6.30. The van der Waals surface area contributed by atoms with Gasteiger partial charge in [-0.1, -0.05) is 35.3 Å². The molecule has 0 bridgehead atoms. The molecule has 76 valence electrons. The SMILES string of the molecule is Fc1ccc(CNCC(Cl)=CCl)cc1. The average molecular weight is 234 g/mol. The Morgan fingerprint density at radius 1 is 1.36 bits per heavy atom. The van der Waals surface area contributed by atoms with Crippen LogP contribution in [0.1, 0.15) is 5.56 Å². The van der Waals surface area contributed by atoms with Crippen LogP contribution in [-0.2, 0) is 6.54 Å². The lowest BCUT2D eigenvalue weighted by atomic mass is 10.2. The predicted molar refractivity (Wildman–Crippen MR) is 57.9 cm³/mol. The Kier molecular flexibility index (Phi) is 4.94. The molecule has 1 aromatic carbocycles. The van der Waals surface area contributed by atoms with E-state index in [0.717, 1.165) is 5.56 Å². The smallest absolute Gasteiger partial charge is 0.123 e. The summed E-state index contributed by atoms with van der Waals surface area (Å²) >= 11 is 11.0. The van der Waals surface area contributed by atoms with Crippen LogP contribution in [0.25, 0.3) is 0 Å². The van der Waals surface area contributed by atoms with E-state index in [2.05, 4.69) is 5.32 Å². The summed E-state index contributed by atoms with van der Waals surface area (Å²) in [7, 11) is 0. The lowest BCUT2D eigenvalue weighted by Crippen LogP contribution is -2.14. The van der Waals surface area contributed by atoms with E-state index >= 15 is 0 Å². The van der Waals surface area contributed by atoms with Gasteiger partial charge in [-0.05, 0) is 17.7 Å². The molecule has 14 heavy (non-hydrogen) atoms. The number of halogens is 3. The second-order valence-electron chi connectivity index (χ2n) is 2.79.